The minimum Gasteiger partial charge on any atom is -0.497 e. The van der Waals surface area contributed by atoms with Crippen LogP contribution < -0.4 is 4.74 Å². The molecule has 4 rings (SSSR count). The summed E-state index contributed by atoms with van der Waals surface area (Å²) in [7, 11) is 1.69. The molecule has 1 aliphatic heterocycles. The van der Waals surface area contributed by atoms with E-state index in [0.717, 1.165) is 35.7 Å². The molecule has 2 heterocycles. The molecular formula is C19H18N2O. The van der Waals surface area contributed by atoms with Gasteiger partial charge in [0.15, 0.2) is 0 Å². The number of ether oxygens (including phenoxy) is 1. The van der Waals surface area contributed by atoms with Crippen LogP contribution in [0.5, 0.6) is 5.75 Å². The Kier molecular flexibility index (Phi) is 3.00. The maximum Gasteiger partial charge on any atom is 0.118 e. The van der Waals surface area contributed by atoms with Gasteiger partial charge in [-0.15, -0.1) is 0 Å². The van der Waals surface area contributed by atoms with Crippen LogP contribution in [0, 0.1) is 6.92 Å². The van der Waals surface area contributed by atoms with Crippen molar-refractivity contribution in [2.75, 3.05) is 13.7 Å². The van der Waals surface area contributed by atoms with Crippen LogP contribution in [0.2, 0.25) is 0 Å². The molecule has 0 fully saturated rings. The molecule has 3 aromatic rings. The van der Waals surface area contributed by atoms with Gasteiger partial charge < -0.3 is 9.72 Å². The molecule has 1 N–H and O–H groups in total. The van der Waals surface area contributed by atoms with Gasteiger partial charge >= 0.3 is 0 Å². The van der Waals surface area contributed by atoms with Gasteiger partial charge in [0.1, 0.15) is 5.75 Å². The summed E-state index contributed by atoms with van der Waals surface area (Å²) in [6.07, 6.45) is 0.998. The van der Waals surface area contributed by atoms with Gasteiger partial charge in [0, 0.05) is 23.0 Å². The van der Waals surface area contributed by atoms with Crippen molar-refractivity contribution in [2.45, 2.75) is 13.3 Å². The van der Waals surface area contributed by atoms with Gasteiger partial charge in [0.2, 0.25) is 0 Å². The standard InChI is InChI=1S/C19H18N2O/c1-12-3-8-17-16(11-12)15-9-10-20-18(19(15)21-17)13-4-6-14(22-2)7-5-13/h3-8,11,21H,9-10H2,1-2H3. The van der Waals surface area contributed by atoms with Gasteiger partial charge in [-0.2, -0.15) is 0 Å². The molecule has 0 saturated carbocycles. The summed E-state index contributed by atoms with van der Waals surface area (Å²) in [6.45, 7) is 2.98. The van der Waals surface area contributed by atoms with E-state index in [1.807, 2.05) is 12.1 Å². The monoisotopic (exact) mass is 290 g/mol. The fourth-order valence-corrected chi connectivity index (χ4v) is 3.17. The maximum absolute atomic E-state index is 5.24. The van der Waals surface area contributed by atoms with E-state index in [2.05, 4.69) is 42.2 Å². The van der Waals surface area contributed by atoms with Crippen LogP contribution in [0.25, 0.3) is 10.9 Å². The first-order valence-corrected chi connectivity index (χ1v) is 7.57. The molecule has 0 amide bonds. The lowest BCUT2D eigenvalue weighted by Crippen LogP contribution is -2.13. The number of rotatable bonds is 2. The molecule has 0 radical (unpaired) electrons. The van der Waals surface area contributed by atoms with Gasteiger partial charge in [0.05, 0.1) is 18.5 Å². The minimum absolute atomic E-state index is 0.843. The number of H-pyrrole nitrogens is 1. The quantitative estimate of drug-likeness (QED) is 0.764. The molecule has 1 aromatic heterocycles. The lowest BCUT2D eigenvalue weighted by atomic mass is 9.97. The zero-order chi connectivity index (χ0) is 15.1. The molecule has 3 heteroatoms. The summed E-state index contributed by atoms with van der Waals surface area (Å²) < 4.78 is 5.24. The molecule has 0 atom stereocenters. The Bertz CT molecular complexity index is 872. The van der Waals surface area contributed by atoms with Crippen LogP contribution in [0.4, 0.5) is 0 Å². The Morgan fingerprint density at radius 1 is 1.09 bits per heavy atom. The summed E-state index contributed by atoms with van der Waals surface area (Å²) in [6, 6.07) is 14.7. The highest BCUT2D eigenvalue weighted by atomic mass is 16.5. The first-order chi connectivity index (χ1) is 10.8. The molecule has 110 valence electrons. The van der Waals surface area contributed by atoms with Crippen LogP contribution in [-0.4, -0.2) is 24.4 Å². The third-order valence-electron chi connectivity index (χ3n) is 4.29. The van der Waals surface area contributed by atoms with Gasteiger partial charge in [0.25, 0.3) is 0 Å². The Balaban J connectivity index is 1.86. The normalized spacial score (nSPS) is 13.8. The third kappa shape index (κ3) is 2.01. The van der Waals surface area contributed by atoms with Crippen molar-refractivity contribution in [3.05, 3.63) is 64.8 Å². The second-order valence-corrected chi connectivity index (χ2v) is 5.74. The minimum atomic E-state index is 0.843. The largest absolute Gasteiger partial charge is 0.497 e. The summed E-state index contributed by atoms with van der Waals surface area (Å²) in [5.41, 5.74) is 7.22. The number of aromatic amines is 1. The SMILES string of the molecule is COc1ccc(C2=NCCc3c2[nH]c2ccc(C)cc32)cc1. The van der Waals surface area contributed by atoms with Crippen molar-refractivity contribution in [1.29, 1.82) is 0 Å². The fourth-order valence-electron chi connectivity index (χ4n) is 3.17. The van der Waals surface area contributed by atoms with Crippen LogP contribution in [0.3, 0.4) is 0 Å². The topological polar surface area (TPSA) is 37.4 Å². The molecule has 3 nitrogen and oxygen atoms in total. The molecule has 0 spiro atoms. The molecule has 0 unspecified atom stereocenters. The second kappa shape index (κ2) is 5.02. The lowest BCUT2D eigenvalue weighted by Gasteiger charge is -2.14. The van der Waals surface area contributed by atoms with E-state index in [9.17, 15) is 0 Å². The summed E-state index contributed by atoms with van der Waals surface area (Å²) in [4.78, 5) is 8.32. The average molecular weight is 290 g/mol. The van der Waals surface area contributed by atoms with E-state index in [4.69, 9.17) is 9.73 Å². The van der Waals surface area contributed by atoms with Crippen molar-refractivity contribution in [3.63, 3.8) is 0 Å². The third-order valence-corrected chi connectivity index (χ3v) is 4.29. The van der Waals surface area contributed by atoms with Crippen molar-refractivity contribution < 1.29 is 4.74 Å². The van der Waals surface area contributed by atoms with Crippen LogP contribution in [0.15, 0.2) is 47.5 Å². The summed E-state index contributed by atoms with van der Waals surface area (Å²) in [5, 5.41) is 1.33. The van der Waals surface area contributed by atoms with Crippen LogP contribution in [0.1, 0.15) is 22.4 Å². The van der Waals surface area contributed by atoms with E-state index in [-0.39, 0.29) is 0 Å². The molecule has 0 bridgehead atoms. The number of hydrogen-bond acceptors (Lipinski definition) is 2. The summed E-state index contributed by atoms with van der Waals surface area (Å²) in [5.74, 6) is 0.868. The summed E-state index contributed by atoms with van der Waals surface area (Å²) >= 11 is 0. The van der Waals surface area contributed by atoms with Crippen molar-refractivity contribution >= 4 is 16.6 Å². The van der Waals surface area contributed by atoms with E-state index < -0.39 is 0 Å². The zero-order valence-electron chi connectivity index (χ0n) is 12.8. The molecular weight excluding hydrogens is 272 g/mol. The Morgan fingerprint density at radius 2 is 1.91 bits per heavy atom. The number of methoxy groups -OCH3 is 1. The van der Waals surface area contributed by atoms with E-state index >= 15 is 0 Å². The number of aliphatic imine (C=N–C) groups is 1. The van der Waals surface area contributed by atoms with Gasteiger partial charge in [-0.3, -0.25) is 4.99 Å². The maximum atomic E-state index is 5.24. The van der Waals surface area contributed by atoms with Gasteiger partial charge in [-0.1, -0.05) is 11.6 Å². The second-order valence-electron chi connectivity index (χ2n) is 5.74. The molecule has 0 aliphatic carbocycles. The van der Waals surface area contributed by atoms with Crippen molar-refractivity contribution in [3.8, 4) is 5.75 Å². The lowest BCUT2D eigenvalue weighted by molar-refractivity contribution is 0.415. The number of nitrogens with zero attached hydrogens (tertiary/aromatic N) is 1. The first-order valence-electron chi connectivity index (χ1n) is 7.57. The predicted octanol–water partition coefficient (Wildman–Crippen LogP) is 3.88. The first kappa shape index (κ1) is 13.1. The number of aromatic nitrogens is 1. The van der Waals surface area contributed by atoms with Gasteiger partial charge in [-0.25, -0.2) is 0 Å². The number of benzene rings is 2. The molecule has 2 aromatic carbocycles. The van der Waals surface area contributed by atoms with E-state index in [1.165, 1.54) is 22.0 Å². The Labute approximate surface area is 129 Å². The molecule has 22 heavy (non-hydrogen) atoms. The highest BCUT2D eigenvalue weighted by Gasteiger charge is 2.20. The zero-order valence-corrected chi connectivity index (χ0v) is 12.8. The number of hydrogen-bond donors (Lipinski definition) is 1. The highest BCUT2D eigenvalue weighted by molar-refractivity contribution is 6.15. The fraction of sp³-hybridized carbons (Fsp3) is 0.211. The number of nitrogens with one attached hydrogen (secondary N) is 1. The number of aryl methyl sites for hydroxylation is 1. The van der Waals surface area contributed by atoms with Crippen molar-refractivity contribution in [1.82, 2.24) is 4.98 Å². The molecule has 0 saturated heterocycles. The predicted molar refractivity (Wildman–Crippen MR) is 90.2 cm³/mol. The van der Waals surface area contributed by atoms with E-state index in [1.54, 1.807) is 7.11 Å². The average Bonchev–Trinajstić information content (AvgIpc) is 2.93. The van der Waals surface area contributed by atoms with Crippen molar-refractivity contribution in [2.24, 2.45) is 4.99 Å². The number of fused-ring (bicyclic) bond motifs is 3. The Morgan fingerprint density at radius 3 is 2.68 bits per heavy atom. The van der Waals surface area contributed by atoms with Crippen LogP contribution >= 0.6 is 0 Å². The van der Waals surface area contributed by atoms with E-state index in [0.29, 0.717) is 0 Å². The van der Waals surface area contributed by atoms with Crippen LogP contribution in [-0.2, 0) is 6.42 Å². The van der Waals surface area contributed by atoms with Gasteiger partial charge in [-0.05, 0) is 55.3 Å². The Hall–Kier alpha value is -2.55. The highest BCUT2D eigenvalue weighted by Crippen LogP contribution is 2.29. The smallest absolute Gasteiger partial charge is 0.118 e. The molecule has 1 aliphatic rings.